The number of nitriles is 1. The van der Waals surface area contributed by atoms with Crippen LogP contribution >= 0.6 is 15.9 Å². The van der Waals surface area contributed by atoms with Crippen molar-refractivity contribution in [2.75, 3.05) is 5.32 Å². The number of nitrogens with one attached hydrogen (secondary N) is 1. The molecule has 96 valence electrons. The van der Waals surface area contributed by atoms with Crippen molar-refractivity contribution in [1.82, 2.24) is 4.98 Å². The molecule has 3 aromatic rings. The minimum absolute atomic E-state index is 0.606. The van der Waals surface area contributed by atoms with Crippen LogP contribution in [0.15, 0.2) is 59.3 Å². The summed E-state index contributed by atoms with van der Waals surface area (Å²) in [5.74, 6) is 0. The lowest BCUT2D eigenvalue weighted by atomic mass is 10.1. The number of benzene rings is 2. The van der Waals surface area contributed by atoms with Gasteiger partial charge in [-0.2, -0.15) is 5.26 Å². The van der Waals surface area contributed by atoms with Crippen LogP contribution in [0.25, 0.3) is 10.8 Å². The zero-order chi connectivity index (χ0) is 13.9. The van der Waals surface area contributed by atoms with Crippen LogP contribution in [0, 0.1) is 11.3 Å². The van der Waals surface area contributed by atoms with Crippen LogP contribution in [0.4, 0.5) is 11.4 Å². The molecule has 0 aliphatic rings. The first-order valence-electron chi connectivity index (χ1n) is 6.07. The number of fused-ring (bicyclic) bond motifs is 1. The van der Waals surface area contributed by atoms with Crippen molar-refractivity contribution in [1.29, 1.82) is 5.26 Å². The van der Waals surface area contributed by atoms with Crippen molar-refractivity contribution in [3.63, 3.8) is 0 Å². The van der Waals surface area contributed by atoms with Crippen LogP contribution in [0.2, 0.25) is 0 Å². The van der Waals surface area contributed by atoms with Gasteiger partial charge >= 0.3 is 0 Å². The highest BCUT2D eigenvalue weighted by atomic mass is 79.9. The third-order valence-corrected chi connectivity index (χ3v) is 3.55. The minimum atomic E-state index is 0.606. The highest BCUT2D eigenvalue weighted by Crippen LogP contribution is 2.28. The third-order valence-electron chi connectivity index (χ3n) is 3.06. The predicted molar refractivity (Wildman–Crippen MR) is 83.9 cm³/mol. The van der Waals surface area contributed by atoms with Gasteiger partial charge in [-0.05, 0) is 35.7 Å². The van der Waals surface area contributed by atoms with Crippen LogP contribution in [0.3, 0.4) is 0 Å². The Morgan fingerprint density at radius 2 is 2.00 bits per heavy atom. The molecule has 1 N–H and O–H groups in total. The van der Waals surface area contributed by atoms with Crippen molar-refractivity contribution in [3.05, 3.63) is 64.9 Å². The van der Waals surface area contributed by atoms with Gasteiger partial charge in [-0.25, -0.2) is 0 Å². The number of hydrogen-bond acceptors (Lipinski definition) is 3. The summed E-state index contributed by atoms with van der Waals surface area (Å²) in [7, 11) is 0. The van der Waals surface area contributed by atoms with Crippen molar-refractivity contribution < 1.29 is 0 Å². The summed E-state index contributed by atoms with van der Waals surface area (Å²) in [5, 5.41) is 14.6. The van der Waals surface area contributed by atoms with E-state index >= 15 is 0 Å². The van der Waals surface area contributed by atoms with E-state index in [4.69, 9.17) is 0 Å². The van der Waals surface area contributed by atoms with Crippen LogP contribution in [0.5, 0.6) is 0 Å². The number of nitrogens with zero attached hydrogens (tertiary/aromatic N) is 2. The Morgan fingerprint density at radius 1 is 1.10 bits per heavy atom. The molecule has 0 bridgehead atoms. The van der Waals surface area contributed by atoms with Gasteiger partial charge < -0.3 is 5.32 Å². The molecule has 0 spiro atoms. The molecule has 3 rings (SSSR count). The molecule has 0 radical (unpaired) electrons. The van der Waals surface area contributed by atoms with Gasteiger partial charge in [-0.1, -0.05) is 28.1 Å². The van der Waals surface area contributed by atoms with Crippen LogP contribution < -0.4 is 5.32 Å². The molecule has 0 aliphatic carbocycles. The van der Waals surface area contributed by atoms with Gasteiger partial charge in [0.15, 0.2) is 0 Å². The lowest BCUT2D eigenvalue weighted by molar-refractivity contribution is 1.36. The van der Waals surface area contributed by atoms with E-state index in [2.05, 4.69) is 32.3 Å². The first kappa shape index (κ1) is 12.6. The summed E-state index contributed by atoms with van der Waals surface area (Å²) in [6, 6.07) is 15.7. The van der Waals surface area contributed by atoms with Crippen LogP contribution in [-0.4, -0.2) is 4.98 Å². The highest BCUT2D eigenvalue weighted by Gasteiger charge is 2.06. The maximum absolute atomic E-state index is 9.18. The monoisotopic (exact) mass is 323 g/mol. The van der Waals surface area contributed by atoms with E-state index in [1.54, 1.807) is 12.3 Å². The maximum Gasteiger partial charge on any atom is 0.101 e. The van der Waals surface area contributed by atoms with Gasteiger partial charge in [0.1, 0.15) is 6.07 Å². The van der Waals surface area contributed by atoms with Gasteiger partial charge in [-0.15, -0.1) is 0 Å². The van der Waals surface area contributed by atoms with Gasteiger partial charge in [0.25, 0.3) is 0 Å². The Kier molecular flexibility index (Phi) is 3.36. The number of hydrogen-bond donors (Lipinski definition) is 1. The molecule has 0 fully saturated rings. The summed E-state index contributed by atoms with van der Waals surface area (Å²) < 4.78 is 0.928. The van der Waals surface area contributed by atoms with E-state index in [1.165, 1.54) is 0 Å². The lowest BCUT2D eigenvalue weighted by Gasteiger charge is -2.11. The van der Waals surface area contributed by atoms with E-state index in [-0.39, 0.29) is 0 Å². The predicted octanol–water partition coefficient (Wildman–Crippen LogP) is 4.61. The quantitative estimate of drug-likeness (QED) is 0.749. The van der Waals surface area contributed by atoms with E-state index < -0.39 is 0 Å². The fourth-order valence-electron chi connectivity index (χ4n) is 2.08. The number of aromatic nitrogens is 1. The standard InChI is InChI=1S/C16H10BrN3/c17-13-5-4-12(9-18)16(8-13)20-15-3-1-2-11-6-7-19-10-14(11)15/h1-8,10,20H. The normalized spacial score (nSPS) is 10.2. The topological polar surface area (TPSA) is 48.7 Å². The first-order chi connectivity index (χ1) is 9.78. The molecule has 2 aromatic carbocycles. The summed E-state index contributed by atoms with van der Waals surface area (Å²) in [5.41, 5.74) is 2.32. The van der Waals surface area contributed by atoms with Crippen LogP contribution in [0.1, 0.15) is 5.56 Å². The molecule has 0 amide bonds. The SMILES string of the molecule is N#Cc1ccc(Br)cc1Nc1cccc2ccncc12. The second kappa shape index (κ2) is 5.32. The van der Waals surface area contributed by atoms with E-state index in [0.717, 1.165) is 26.6 Å². The average molecular weight is 324 g/mol. The Hall–Kier alpha value is -2.38. The second-order valence-corrected chi connectivity index (χ2v) is 5.24. The summed E-state index contributed by atoms with van der Waals surface area (Å²) in [4.78, 5) is 4.16. The Labute approximate surface area is 125 Å². The second-order valence-electron chi connectivity index (χ2n) is 4.33. The van der Waals surface area contributed by atoms with Gasteiger partial charge in [-0.3, -0.25) is 4.98 Å². The molecule has 0 aliphatic heterocycles. The summed E-state index contributed by atoms with van der Waals surface area (Å²) >= 11 is 3.43. The van der Waals surface area contributed by atoms with Gasteiger partial charge in [0, 0.05) is 27.9 Å². The maximum atomic E-state index is 9.18. The number of pyridine rings is 1. The number of anilines is 2. The Balaban J connectivity index is 2.10. The molecule has 1 aromatic heterocycles. The van der Waals surface area contributed by atoms with Gasteiger partial charge in [0.05, 0.1) is 11.3 Å². The summed E-state index contributed by atoms with van der Waals surface area (Å²) in [6.07, 6.45) is 3.59. The van der Waals surface area contributed by atoms with Gasteiger partial charge in [0.2, 0.25) is 0 Å². The first-order valence-corrected chi connectivity index (χ1v) is 6.86. The average Bonchev–Trinajstić information content (AvgIpc) is 2.48. The molecule has 0 unspecified atom stereocenters. The van der Waals surface area contributed by atoms with E-state index in [1.807, 2.05) is 42.6 Å². The largest absolute Gasteiger partial charge is 0.354 e. The van der Waals surface area contributed by atoms with E-state index in [9.17, 15) is 5.26 Å². The molecule has 0 saturated heterocycles. The number of rotatable bonds is 2. The van der Waals surface area contributed by atoms with Crippen molar-refractivity contribution in [2.24, 2.45) is 0 Å². The van der Waals surface area contributed by atoms with Crippen molar-refractivity contribution in [3.8, 4) is 6.07 Å². The fourth-order valence-corrected chi connectivity index (χ4v) is 2.45. The zero-order valence-corrected chi connectivity index (χ0v) is 12.1. The molecule has 0 saturated carbocycles. The van der Waals surface area contributed by atoms with E-state index in [0.29, 0.717) is 5.56 Å². The zero-order valence-electron chi connectivity index (χ0n) is 10.5. The molecule has 3 nitrogen and oxygen atoms in total. The molecular weight excluding hydrogens is 314 g/mol. The highest BCUT2D eigenvalue weighted by molar-refractivity contribution is 9.10. The smallest absolute Gasteiger partial charge is 0.101 e. The lowest BCUT2D eigenvalue weighted by Crippen LogP contribution is -1.95. The summed E-state index contributed by atoms with van der Waals surface area (Å²) in [6.45, 7) is 0. The molecule has 4 heteroatoms. The Bertz CT molecular complexity index is 816. The van der Waals surface area contributed by atoms with Crippen LogP contribution in [-0.2, 0) is 0 Å². The molecular formula is C16H10BrN3. The molecule has 0 atom stereocenters. The van der Waals surface area contributed by atoms with Crippen molar-refractivity contribution in [2.45, 2.75) is 0 Å². The third kappa shape index (κ3) is 2.36. The number of halogens is 1. The fraction of sp³-hybridized carbons (Fsp3) is 0. The molecule has 20 heavy (non-hydrogen) atoms. The Morgan fingerprint density at radius 3 is 2.85 bits per heavy atom. The molecule has 1 heterocycles. The van der Waals surface area contributed by atoms with Crippen molar-refractivity contribution >= 4 is 38.1 Å². The minimum Gasteiger partial charge on any atom is -0.354 e.